The van der Waals surface area contributed by atoms with Crippen LogP contribution in [0, 0.1) is 13.8 Å². The lowest BCUT2D eigenvalue weighted by Crippen LogP contribution is -2.03. The van der Waals surface area contributed by atoms with Crippen LogP contribution in [-0.4, -0.2) is 22.5 Å². The first-order chi connectivity index (χ1) is 11.9. The van der Waals surface area contributed by atoms with Gasteiger partial charge in [0.1, 0.15) is 21.3 Å². The maximum atomic E-state index is 12.2. The molecule has 0 atom stereocenters. The van der Waals surface area contributed by atoms with E-state index < -0.39 is 0 Å². The van der Waals surface area contributed by atoms with Crippen molar-refractivity contribution in [1.29, 1.82) is 0 Å². The summed E-state index contributed by atoms with van der Waals surface area (Å²) in [6.07, 6.45) is 0. The maximum absolute atomic E-state index is 12.2. The molecule has 0 radical (unpaired) electrons. The van der Waals surface area contributed by atoms with E-state index in [2.05, 4.69) is 15.3 Å². The van der Waals surface area contributed by atoms with Crippen molar-refractivity contribution in [2.45, 2.75) is 20.8 Å². The van der Waals surface area contributed by atoms with Gasteiger partial charge in [0.15, 0.2) is 0 Å². The summed E-state index contributed by atoms with van der Waals surface area (Å²) in [5.74, 6) is 0.873. The van der Waals surface area contributed by atoms with Gasteiger partial charge in [-0.3, -0.25) is 0 Å². The molecule has 3 aromatic rings. The number of aromatic nitrogens is 2. The van der Waals surface area contributed by atoms with Crippen molar-refractivity contribution in [2.75, 3.05) is 11.9 Å². The summed E-state index contributed by atoms with van der Waals surface area (Å²) < 4.78 is 5.13. The summed E-state index contributed by atoms with van der Waals surface area (Å²) >= 11 is 13.3. The monoisotopic (exact) mass is 395 g/mol. The highest BCUT2D eigenvalue weighted by atomic mass is 35.5. The largest absolute Gasteiger partial charge is 0.462 e. The summed E-state index contributed by atoms with van der Waals surface area (Å²) in [5.41, 5.74) is 1.54. The van der Waals surface area contributed by atoms with Crippen molar-refractivity contribution in [3.63, 3.8) is 0 Å². The lowest BCUT2D eigenvalue weighted by atomic mass is 10.2. The van der Waals surface area contributed by atoms with E-state index in [0.29, 0.717) is 33.2 Å². The average molecular weight is 396 g/mol. The first kappa shape index (κ1) is 17.9. The second-order valence-electron chi connectivity index (χ2n) is 5.33. The van der Waals surface area contributed by atoms with Gasteiger partial charge in [0.25, 0.3) is 0 Å². The van der Waals surface area contributed by atoms with Crippen molar-refractivity contribution in [2.24, 2.45) is 0 Å². The van der Waals surface area contributed by atoms with Crippen LogP contribution < -0.4 is 5.32 Å². The Hall–Kier alpha value is -1.89. The van der Waals surface area contributed by atoms with Crippen LogP contribution >= 0.6 is 34.5 Å². The Kier molecular flexibility index (Phi) is 5.13. The molecule has 0 saturated carbocycles. The molecule has 0 saturated heterocycles. The molecule has 0 bridgehead atoms. The van der Waals surface area contributed by atoms with E-state index in [9.17, 15) is 4.79 Å². The molecule has 5 nitrogen and oxygen atoms in total. The molecule has 25 heavy (non-hydrogen) atoms. The number of fused-ring (bicyclic) bond motifs is 1. The van der Waals surface area contributed by atoms with Gasteiger partial charge in [-0.2, -0.15) is 0 Å². The molecule has 3 rings (SSSR count). The topological polar surface area (TPSA) is 64.1 Å². The standard InChI is InChI=1S/C17H15Cl2N3O2S/c1-4-24-17(23)14-8(2)13-15(20-9(3)21-16(13)25-14)22-10-5-6-11(18)12(19)7-10/h5-7H,4H2,1-3H3,(H,20,21,22). The number of thiophene rings is 1. The van der Waals surface area contributed by atoms with Gasteiger partial charge < -0.3 is 10.1 Å². The Labute approximate surface area is 159 Å². The zero-order chi connectivity index (χ0) is 18.1. The molecule has 2 heterocycles. The van der Waals surface area contributed by atoms with Crippen LogP contribution in [0.15, 0.2) is 18.2 Å². The minimum absolute atomic E-state index is 0.325. The van der Waals surface area contributed by atoms with E-state index in [-0.39, 0.29) is 5.97 Å². The first-order valence-corrected chi connectivity index (χ1v) is 9.15. The summed E-state index contributed by atoms with van der Waals surface area (Å²) in [7, 11) is 0. The molecular formula is C17H15Cl2N3O2S. The highest BCUT2D eigenvalue weighted by molar-refractivity contribution is 7.20. The molecular weight excluding hydrogens is 381 g/mol. The van der Waals surface area contributed by atoms with Gasteiger partial charge in [-0.25, -0.2) is 14.8 Å². The fourth-order valence-corrected chi connectivity index (χ4v) is 3.86. The first-order valence-electron chi connectivity index (χ1n) is 7.57. The Morgan fingerprint density at radius 1 is 1.24 bits per heavy atom. The fraction of sp³-hybridized carbons (Fsp3) is 0.235. The van der Waals surface area contributed by atoms with Crippen LogP contribution in [0.5, 0.6) is 0 Å². The highest BCUT2D eigenvalue weighted by Crippen LogP contribution is 2.36. The molecule has 0 aliphatic heterocycles. The number of rotatable bonds is 4. The van der Waals surface area contributed by atoms with E-state index in [1.165, 1.54) is 11.3 Å². The molecule has 0 fully saturated rings. The number of aryl methyl sites for hydroxylation is 2. The Balaban J connectivity index is 2.10. The molecule has 0 amide bonds. The normalized spacial score (nSPS) is 10.9. The summed E-state index contributed by atoms with van der Waals surface area (Å²) in [6.45, 7) is 5.77. The molecule has 0 aliphatic rings. The number of esters is 1. The second kappa shape index (κ2) is 7.15. The number of carbonyl (C=O) groups excluding carboxylic acids is 1. The third-order valence-corrected chi connectivity index (χ3v) is 5.45. The summed E-state index contributed by atoms with van der Waals surface area (Å²) in [4.78, 5) is 22.4. The number of anilines is 2. The van der Waals surface area contributed by atoms with Crippen LogP contribution in [-0.2, 0) is 4.74 Å². The van der Waals surface area contributed by atoms with Crippen LogP contribution in [0.25, 0.3) is 10.2 Å². The third kappa shape index (κ3) is 3.56. The Bertz CT molecular complexity index is 972. The van der Waals surface area contributed by atoms with E-state index in [1.54, 1.807) is 26.0 Å². The third-order valence-electron chi connectivity index (χ3n) is 3.55. The van der Waals surface area contributed by atoms with Crippen LogP contribution in [0.3, 0.4) is 0 Å². The van der Waals surface area contributed by atoms with E-state index >= 15 is 0 Å². The zero-order valence-electron chi connectivity index (χ0n) is 13.8. The van der Waals surface area contributed by atoms with Gasteiger partial charge in [0.05, 0.1) is 22.0 Å². The SMILES string of the molecule is CCOC(=O)c1sc2nc(C)nc(Nc3ccc(Cl)c(Cl)c3)c2c1C. The number of carbonyl (C=O) groups is 1. The van der Waals surface area contributed by atoms with E-state index in [0.717, 1.165) is 21.5 Å². The number of nitrogens with one attached hydrogen (secondary N) is 1. The molecule has 0 aliphatic carbocycles. The fourth-order valence-electron chi connectivity index (χ4n) is 2.44. The van der Waals surface area contributed by atoms with Gasteiger partial charge in [-0.15, -0.1) is 11.3 Å². The van der Waals surface area contributed by atoms with Crippen LogP contribution in [0.1, 0.15) is 28.0 Å². The summed E-state index contributed by atoms with van der Waals surface area (Å²) in [6, 6.07) is 5.24. The van der Waals surface area contributed by atoms with E-state index in [1.807, 2.05) is 13.0 Å². The van der Waals surface area contributed by atoms with Crippen molar-refractivity contribution in [3.05, 3.63) is 44.5 Å². The van der Waals surface area contributed by atoms with Crippen LogP contribution in [0.2, 0.25) is 10.0 Å². The minimum Gasteiger partial charge on any atom is -0.462 e. The number of benzene rings is 1. The van der Waals surface area contributed by atoms with Gasteiger partial charge in [-0.1, -0.05) is 23.2 Å². The van der Waals surface area contributed by atoms with Gasteiger partial charge >= 0.3 is 5.97 Å². The summed E-state index contributed by atoms with van der Waals surface area (Å²) in [5, 5.41) is 4.96. The minimum atomic E-state index is -0.346. The second-order valence-corrected chi connectivity index (χ2v) is 7.14. The van der Waals surface area contributed by atoms with Crippen molar-refractivity contribution < 1.29 is 9.53 Å². The van der Waals surface area contributed by atoms with Crippen molar-refractivity contribution >= 4 is 62.2 Å². The number of ether oxygens (including phenoxy) is 1. The number of halogens is 2. The molecule has 8 heteroatoms. The Morgan fingerprint density at radius 2 is 2.00 bits per heavy atom. The quantitative estimate of drug-likeness (QED) is 0.587. The predicted molar refractivity (Wildman–Crippen MR) is 103 cm³/mol. The predicted octanol–water partition coefficient (Wildman–Crippen LogP) is 5.54. The van der Waals surface area contributed by atoms with Gasteiger partial charge in [0.2, 0.25) is 0 Å². The van der Waals surface area contributed by atoms with E-state index in [4.69, 9.17) is 27.9 Å². The molecule has 1 aromatic carbocycles. The van der Waals surface area contributed by atoms with Crippen LogP contribution in [0.4, 0.5) is 11.5 Å². The molecule has 0 spiro atoms. The lowest BCUT2D eigenvalue weighted by molar-refractivity contribution is 0.0531. The number of hydrogen-bond acceptors (Lipinski definition) is 6. The maximum Gasteiger partial charge on any atom is 0.348 e. The smallest absolute Gasteiger partial charge is 0.348 e. The molecule has 1 N–H and O–H groups in total. The molecule has 0 unspecified atom stereocenters. The van der Waals surface area contributed by atoms with Crippen molar-refractivity contribution in [3.8, 4) is 0 Å². The van der Waals surface area contributed by atoms with Gasteiger partial charge in [0, 0.05) is 5.69 Å². The number of hydrogen-bond donors (Lipinski definition) is 1. The number of nitrogens with zero attached hydrogens (tertiary/aromatic N) is 2. The molecule has 130 valence electrons. The highest BCUT2D eigenvalue weighted by Gasteiger charge is 2.21. The Morgan fingerprint density at radius 3 is 2.68 bits per heavy atom. The lowest BCUT2D eigenvalue weighted by Gasteiger charge is -2.09. The van der Waals surface area contributed by atoms with Crippen molar-refractivity contribution in [1.82, 2.24) is 9.97 Å². The zero-order valence-corrected chi connectivity index (χ0v) is 16.1. The average Bonchev–Trinajstić information content (AvgIpc) is 2.88. The van der Waals surface area contributed by atoms with Gasteiger partial charge in [-0.05, 0) is 44.5 Å². The molecule has 2 aromatic heterocycles.